The highest BCUT2D eigenvalue weighted by Crippen LogP contribution is 2.47. The molecule has 14 heteroatoms. The topological polar surface area (TPSA) is 197 Å². The van der Waals surface area contributed by atoms with Crippen LogP contribution in [0.4, 0.5) is 0 Å². The van der Waals surface area contributed by atoms with Gasteiger partial charge in [-0.1, -0.05) is 12.1 Å². The second-order valence-corrected chi connectivity index (χ2v) is 9.97. The van der Waals surface area contributed by atoms with Crippen LogP contribution in [0, 0.1) is 11.8 Å². The molecule has 230 valence electrons. The van der Waals surface area contributed by atoms with E-state index in [0.717, 1.165) is 13.4 Å². The minimum atomic E-state index is -1.75. The predicted octanol–water partition coefficient (Wildman–Crippen LogP) is -0.582. The Morgan fingerprint density at radius 1 is 0.976 bits per heavy atom. The molecule has 10 atom stereocenters. The highest BCUT2D eigenvalue weighted by atomic mass is 16.8. The first-order chi connectivity index (χ1) is 20.1. The summed E-state index contributed by atoms with van der Waals surface area (Å²) in [6, 6.07) is 6.92. The van der Waals surface area contributed by atoms with Crippen molar-refractivity contribution in [3.63, 3.8) is 0 Å². The molecule has 1 saturated heterocycles. The zero-order valence-electron chi connectivity index (χ0n) is 23.1. The van der Waals surface area contributed by atoms with E-state index in [1.807, 2.05) is 0 Å². The molecule has 42 heavy (non-hydrogen) atoms. The molecule has 0 amide bonds. The summed E-state index contributed by atoms with van der Waals surface area (Å²) in [5.74, 6) is -3.45. The van der Waals surface area contributed by atoms with Crippen molar-refractivity contribution in [3.05, 3.63) is 47.7 Å². The van der Waals surface area contributed by atoms with E-state index in [1.165, 1.54) is 26.2 Å². The van der Waals surface area contributed by atoms with Gasteiger partial charge in [-0.05, 0) is 23.8 Å². The second-order valence-electron chi connectivity index (χ2n) is 9.97. The highest BCUT2D eigenvalue weighted by Gasteiger charge is 2.58. The van der Waals surface area contributed by atoms with Gasteiger partial charge in [-0.2, -0.15) is 0 Å². The van der Waals surface area contributed by atoms with E-state index in [0.29, 0.717) is 11.3 Å². The van der Waals surface area contributed by atoms with Crippen LogP contribution in [0.2, 0.25) is 0 Å². The number of benzene rings is 1. The summed E-state index contributed by atoms with van der Waals surface area (Å²) < 4.78 is 38.2. The van der Waals surface area contributed by atoms with E-state index < -0.39 is 85.6 Å². The normalized spacial score (nSPS) is 34.1. The summed E-state index contributed by atoms with van der Waals surface area (Å²) in [5, 5.41) is 40.3. The molecular weight excluding hydrogens is 560 g/mol. The van der Waals surface area contributed by atoms with Crippen LogP contribution in [0.25, 0.3) is 6.08 Å². The molecule has 0 spiro atoms. The number of fused-ring (bicyclic) bond motifs is 1. The number of ether oxygens (including phenoxy) is 7. The Bertz CT molecular complexity index is 1180. The number of aliphatic hydroxyl groups is 4. The average molecular weight is 595 g/mol. The fraction of sp³-hybridized carbons (Fsp3) is 0.536. The Hall–Kier alpha value is -3.53. The van der Waals surface area contributed by atoms with Crippen LogP contribution < -0.4 is 4.74 Å². The molecule has 0 aromatic heterocycles. The molecule has 5 unspecified atom stereocenters. The van der Waals surface area contributed by atoms with E-state index in [9.17, 15) is 34.8 Å². The Kier molecular flexibility index (Phi) is 10.2. The number of rotatable bonds is 9. The number of hydrogen-bond donors (Lipinski definition) is 4. The second kappa shape index (κ2) is 13.6. The zero-order chi connectivity index (χ0) is 30.6. The van der Waals surface area contributed by atoms with Crippen LogP contribution in [0.3, 0.4) is 0 Å². The number of hydrogen-bond acceptors (Lipinski definition) is 14. The largest absolute Gasteiger partial charge is 0.497 e. The first-order valence-corrected chi connectivity index (χ1v) is 13.2. The lowest BCUT2D eigenvalue weighted by molar-refractivity contribution is -0.343. The van der Waals surface area contributed by atoms with Crippen molar-refractivity contribution in [1.29, 1.82) is 0 Å². The van der Waals surface area contributed by atoms with E-state index >= 15 is 0 Å². The number of esters is 3. The summed E-state index contributed by atoms with van der Waals surface area (Å²) in [4.78, 5) is 37.6. The molecular formula is C28H34O14. The number of carbonyl (C=O) groups is 3. The van der Waals surface area contributed by atoms with Gasteiger partial charge in [-0.15, -0.1) is 0 Å². The third-order valence-corrected chi connectivity index (χ3v) is 7.36. The Labute approximate surface area is 241 Å². The van der Waals surface area contributed by atoms with Gasteiger partial charge in [0.1, 0.15) is 42.4 Å². The van der Waals surface area contributed by atoms with Crippen molar-refractivity contribution in [3.8, 4) is 5.75 Å². The van der Waals surface area contributed by atoms with Crippen molar-refractivity contribution in [2.24, 2.45) is 11.8 Å². The molecule has 2 heterocycles. The maximum atomic E-state index is 12.9. The van der Waals surface area contributed by atoms with Crippen molar-refractivity contribution in [2.45, 2.75) is 62.5 Å². The van der Waals surface area contributed by atoms with Gasteiger partial charge in [-0.25, -0.2) is 9.59 Å². The summed E-state index contributed by atoms with van der Waals surface area (Å²) in [5.41, 5.74) is 0.687. The smallest absolute Gasteiger partial charge is 0.337 e. The Balaban J connectivity index is 1.59. The Morgan fingerprint density at radius 2 is 1.69 bits per heavy atom. The predicted molar refractivity (Wildman–Crippen MR) is 139 cm³/mol. The van der Waals surface area contributed by atoms with Crippen molar-refractivity contribution in [2.75, 3.05) is 20.8 Å². The lowest BCUT2D eigenvalue weighted by Gasteiger charge is -2.43. The molecule has 4 N–H and O–H groups in total. The van der Waals surface area contributed by atoms with Crippen molar-refractivity contribution < 1.29 is 68.0 Å². The van der Waals surface area contributed by atoms with Crippen LogP contribution in [0.5, 0.6) is 5.75 Å². The number of methoxy groups -OCH3 is 2. The molecule has 4 rings (SSSR count). The van der Waals surface area contributed by atoms with Gasteiger partial charge in [-0.3, -0.25) is 4.79 Å². The molecule has 0 bridgehead atoms. The molecule has 2 aliphatic heterocycles. The maximum absolute atomic E-state index is 12.9. The lowest BCUT2D eigenvalue weighted by atomic mass is 9.84. The van der Waals surface area contributed by atoms with Gasteiger partial charge in [0.05, 0.1) is 38.6 Å². The average Bonchev–Trinajstić information content (AvgIpc) is 3.33. The molecule has 1 saturated carbocycles. The summed E-state index contributed by atoms with van der Waals surface area (Å²) in [6.07, 6.45) is -7.52. The third-order valence-electron chi connectivity index (χ3n) is 7.36. The van der Waals surface area contributed by atoms with E-state index in [-0.39, 0.29) is 12.0 Å². The van der Waals surface area contributed by atoms with Crippen LogP contribution in [-0.4, -0.2) is 108 Å². The number of carbonyl (C=O) groups excluding carboxylic acids is 3. The van der Waals surface area contributed by atoms with Gasteiger partial charge in [0, 0.05) is 25.3 Å². The maximum Gasteiger partial charge on any atom is 0.337 e. The van der Waals surface area contributed by atoms with Gasteiger partial charge in [0.2, 0.25) is 6.29 Å². The van der Waals surface area contributed by atoms with E-state index in [1.54, 1.807) is 24.3 Å². The minimum Gasteiger partial charge on any atom is -0.497 e. The van der Waals surface area contributed by atoms with Crippen molar-refractivity contribution in [1.82, 2.24) is 0 Å². The SMILES string of the molecule is COC(=O)C1=COC(O[C@@H]2O[C@H](CO)[C@@H](O)[C@H](O)[C@H]2O)C2C(OC(C)=O)CC(OC(=O)/C=C/c3ccc(OC)cc3)C12. The lowest BCUT2D eigenvalue weighted by Crippen LogP contribution is -2.60. The summed E-state index contributed by atoms with van der Waals surface area (Å²) >= 11 is 0. The molecule has 1 aromatic carbocycles. The molecule has 1 aliphatic carbocycles. The number of aliphatic hydroxyl groups excluding tert-OH is 4. The fourth-order valence-corrected chi connectivity index (χ4v) is 5.34. The summed E-state index contributed by atoms with van der Waals surface area (Å²) in [6.45, 7) is 0.493. The van der Waals surface area contributed by atoms with Gasteiger partial charge >= 0.3 is 17.9 Å². The molecule has 14 nitrogen and oxygen atoms in total. The van der Waals surface area contributed by atoms with Gasteiger partial charge in [0.25, 0.3) is 0 Å². The zero-order valence-corrected chi connectivity index (χ0v) is 23.1. The highest BCUT2D eigenvalue weighted by molar-refractivity contribution is 5.90. The third kappa shape index (κ3) is 6.75. The Morgan fingerprint density at radius 3 is 2.31 bits per heavy atom. The monoisotopic (exact) mass is 594 g/mol. The molecule has 0 radical (unpaired) electrons. The van der Waals surface area contributed by atoms with Gasteiger partial charge in [0.15, 0.2) is 6.29 Å². The quantitative estimate of drug-likeness (QED) is 0.161. The van der Waals surface area contributed by atoms with Crippen LogP contribution >= 0.6 is 0 Å². The first kappa shape index (κ1) is 31.4. The molecule has 3 aliphatic rings. The molecule has 1 aromatic rings. The van der Waals surface area contributed by atoms with Crippen LogP contribution in [0.1, 0.15) is 18.9 Å². The van der Waals surface area contributed by atoms with Crippen LogP contribution in [0.15, 0.2) is 42.2 Å². The molecule has 2 fully saturated rings. The van der Waals surface area contributed by atoms with E-state index in [2.05, 4.69) is 0 Å². The summed E-state index contributed by atoms with van der Waals surface area (Å²) in [7, 11) is 2.69. The van der Waals surface area contributed by atoms with Gasteiger partial charge < -0.3 is 53.6 Å². The minimum absolute atomic E-state index is 0.0114. The fourth-order valence-electron chi connectivity index (χ4n) is 5.34. The standard InChI is InChI=1S/C28H34O14/c1-13(30)39-18-10-17(40-20(31)9-6-14-4-7-15(36-2)8-5-14)21-16(26(35)37-3)12-38-27(22(18)21)42-28-25(34)24(33)23(32)19(11-29)41-28/h4-9,12,17-19,21-25,27-29,32-34H,10-11H2,1-3H3/b9-6+/t17?,18?,19-,21?,22?,23-,24+,25-,27?,28+/m1/s1. The van der Waals surface area contributed by atoms with Crippen molar-refractivity contribution >= 4 is 24.0 Å². The van der Waals surface area contributed by atoms with E-state index in [4.69, 9.17) is 33.2 Å². The van der Waals surface area contributed by atoms with Crippen LogP contribution in [-0.2, 0) is 42.8 Å². The first-order valence-electron chi connectivity index (χ1n) is 13.2.